The third kappa shape index (κ3) is 3.72. The quantitative estimate of drug-likeness (QED) is 0.686. The molecule has 0 radical (unpaired) electrons. The molecule has 2 N–H and O–H groups in total. The van der Waals surface area contributed by atoms with Crippen molar-refractivity contribution in [3.05, 3.63) is 64.2 Å². The first-order chi connectivity index (χ1) is 10.7. The summed E-state index contributed by atoms with van der Waals surface area (Å²) in [5.74, 6) is 0.998. The van der Waals surface area contributed by atoms with Gasteiger partial charge < -0.3 is 10.6 Å². The molecule has 0 spiro atoms. The lowest BCUT2D eigenvalue weighted by Crippen LogP contribution is -2.02. The molecule has 0 aliphatic heterocycles. The molecule has 0 fully saturated rings. The highest BCUT2D eigenvalue weighted by Crippen LogP contribution is 2.24. The van der Waals surface area contributed by atoms with E-state index in [1.807, 2.05) is 36.4 Å². The van der Waals surface area contributed by atoms with E-state index in [1.165, 1.54) is 0 Å². The van der Waals surface area contributed by atoms with E-state index in [-0.39, 0.29) is 0 Å². The van der Waals surface area contributed by atoms with E-state index in [0.717, 1.165) is 15.8 Å². The molecule has 0 saturated heterocycles. The van der Waals surface area contributed by atoms with Crippen LogP contribution in [0.4, 0.5) is 23.1 Å². The molecule has 0 aliphatic carbocycles. The molecule has 22 heavy (non-hydrogen) atoms. The van der Waals surface area contributed by atoms with Crippen LogP contribution in [0.2, 0.25) is 5.02 Å². The molecule has 1 heterocycles. The maximum atomic E-state index is 5.86. The molecular formula is C15H11BrClN5. The van der Waals surface area contributed by atoms with Gasteiger partial charge in [0.05, 0.1) is 11.9 Å². The van der Waals surface area contributed by atoms with Crippen LogP contribution in [0.3, 0.4) is 0 Å². The lowest BCUT2D eigenvalue weighted by molar-refractivity contribution is 0.982. The molecule has 0 unspecified atom stereocenters. The average Bonchev–Trinajstić information content (AvgIpc) is 2.52. The van der Waals surface area contributed by atoms with Gasteiger partial charge in [0.2, 0.25) is 5.95 Å². The summed E-state index contributed by atoms with van der Waals surface area (Å²) in [6.45, 7) is 0. The molecule has 2 aromatic carbocycles. The van der Waals surface area contributed by atoms with E-state index in [0.29, 0.717) is 16.8 Å². The SMILES string of the molecule is Clc1ccc(Nc2nncc(Nc3ccccc3Br)n2)cc1. The molecule has 0 atom stereocenters. The highest BCUT2D eigenvalue weighted by Gasteiger charge is 2.04. The van der Waals surface area contributed by atoms with E-state index in [2.05, 4.69) is 41.7 Å². The molecule has 5 nitrogen and oxygen atoms in total. The lowest BCUT2D eigenvalue weighted by Gasteiger charge is -2.09. The number of para-hydroxylation sites is 1. The summed E-state index contributed by atoms with van der Waals surface area (Å²) in [6.07, 6.45) is 1.56. The monoisotopic (exact) mass is 375 g/mol. The minimum absolute atomic E-state index is 0.402. The second kappa shape index (κ2) is 6.72. The van der Waals surface area contributed by atoms with Crippen molar-refractivity contribution in [1.82, 2.24) is 15.2 Å². The van der Waals surface area contributed by atoms with Crippen molar-refractivity contribution in [3.8, 4) is 0 Å². The third-order valence-electron chi connectivity index (χ3n) is 2.80. The topological polar surface area (TPSA) is 62.7 Å². The first kappa shape index (κ1) is 14.7. The minimum Gasteiger partial charge on any atom is -0.338 e. The summed E-state index contributed by atoms with van der Waals surface area (Å²) in [6, 6.07) is 15.1. The van der Waals surface area contributed by atoms with Gasteiger partial charge in [-0.25, -0.2) is 0 Å². The van der Waals surface area contributed by atoms with E-state index in [9.17, 15) is 0 Å². The summed E-state index contributed by atoms with van der Waals surface area (Å²) in [5.41, 5.74) is 1.74. The predicted octanol–water partition coefficient (Wildman–Crippen LogP) is 4.77. The van der Waals surface area contributed by atoms with Gasteiger partial charge in [0.15, 0.2) is 5.82 Å². The molecule has 1 aromatic heterocycles. The van der Waals surface area contributed by atoms with Gasteiger partial charge in [0.25, 0.3) is 0 Å². The third-order valence-corrected chi connectivity index (χ3v) is 3.74. The van der Waals surface area contributed by atoms with Gasteiger partial charge in [-0.05, 0) is 52.3 Å². The molecular weight excluding hydrogens is 366 g/mol. The largest absolute Gasteiger partial charge is 0.338 e. The summed E-state index contributed by atoms with van der Waals surface area (Å²) in [5, 5.41) is 14.8. The Labute approximate surface area is 140 Å². The second-order valence-electron chi connectivity index (χ2n) is 4.40. The smallest absolute Gasteiger partial charge is 0.249 e. The normalized spacial score (nSPS) is 10.3. The van der Waals surface area contributed by atoms with Crippen molar-refractivity contribution in [3.63, 3.8) is 0 Å². The highest BCUT2D eigenvalue weighted by atomic mass is 79.9. The van der Waals surface area contributed by atoms with E-state index >= 15 is 0 Å². The zero-order valence-electron chi connectivity index (χ0n) is 11.3. The summed E-state index contributed by atoms with van der Waals surface area (Å²) in [4.78, 5) is 4.38. The first-order valence-corrected chi connectivity index (χ1v) is 7.62. The Morgan fingerprint density at radius 1 is 0.955 bits per heavy atom. The fraction of sp³-hybridized carbons (Fsp3) is 0. The molecule has 0 amide bonds. The molecule has 0 bridgehead atoms. The number of aromatic nitrogens is 3. The van der Waals surface area contributed by atoms with Crippen molar-refractivity contribution >= 4 is 50.7 Å². The fourth-order valence-electron chi connectivity index (χ4n) is 1.78. The van der Waals surface area contributed by atoms with Gasteiger partial charge in [-0.3, -0.25) is 0 Å². The van der Waals surface area contributed by atoms with Crippen LogP contribution in [-0.4, -0.2) is 15.2 Å². The number of hydrogen-bond acceptors (Lipinski definition) is 5. The summed E-state index contributed by atoms with van der Waals surface area (Å²) >= 11 is 9.34. The van der Waals surface area contributed by atoms with Gasteiger partial charge in [-0.15, -0.1) is 5.10 Å². The maximum Gasteiger partial charge on any atom is 0.249 e. The number of rotatable bonds is 4. The minimum atomic E-state index is 0.402. The van der Waals surface area contributed by atoms with Crippen LogP contribution in [0, 0.1) is 0 Å². The van der Waals surface area contributed by atoms with Crippen LogP contribution in [0.15, 0.2) is 59.2 Å². The number of hydrogen-bond donors (Lipinski definition) is 2. The number of nitrogens with one attached hydrogen (secondary N) is 2. The molecule has 0 aliphatic rings. The summed E-state index contributed by atoms with van der Waals surface area (Å²) < 4.78 is 0.945. The van der Waals surface area contributed by atoms with Gasteiger partial charge in [0.1, 0.15) is 0 Å². The molecule has 0 saturated carbocycles. The zero-order chi connectivity index (χ0) is 15.4. The fourth-order valence-corrected chi connectivity index (χ4v) is 2.29. The van der Waals surface area contributed by atoms with E-state index < -0.39 is 0 Å². The Bertz CT molecular complexity index is 779. The molecule has 3 aromatic rings. The molecule has 7 heteroatoms. The highest BCUT2D eigenvalue weighted by molar-refractivity contribution is 9.10. The number of benzene rings is 2. The van der Waals surface area contributed by atoms with Crippen molar-refractivity contribution < 1.29 is 0 Å². The second-order valence-corrected chi connectivity index (χ2v) is 5.69. The zero-order valence-corrected chi connectivity index (χ0v) is 13.6. The van der Waals surface area contributed by atoms with Gasteiger partial charge in [0, 0.05) is 15.2 Å². The first-order valence-electron chi connectivity index (χ1n) is 6.44. The molecule has 110 valence electrons. The van der Waals surface area contributed by atoms with Crippen LogP contribution < -0.4 is 10.6 Å². The van der Waals surface area contributed by atoms with Crippen molar-refractivity contribution in [1.29, 1.82) is 0 Å². The molecule has 3 rings (SSSR count). The van der Waals surface area contributed by atoms with Crippen LogP contribution in [0.1, 0.15) is 0 Å². The Morgan fingerprint density at radius 3 is 2.50 bits per heavy atom. The van der Waals surface area contributed by atoms with Crippen LogP contribution in [-0.2, 0) is 0 Å². The lowest BCUT2D eigenvalue weighted by atomic mass is 10.3. The van der Waals surface area contributed by atoms with Crippen LogP contribution in [0.25, 0.3) is 0 Å². The van der Waals surface area contributed by atoms with Gasteiger partial charge in [-0.2, -0.15) is 10.1 Å². The maximum absolute atomic E-state index is 5.86. The number of halogens is 2. The average molecular weight is 377 g/mol. The Balaban J connectivity index is 1.78. The van der Waals surface area contributed by atoms with Crippen molar-refractivity contribution in [2.75, 3.05) is 10.6 Å². The standard InChI is InChI=1S/C15H11BrClN5/c16-12-3-1-2-4-13(12)20-14-9-18-22-15(21-14)19-11-7-5-10(17)6-8-11/h1-9H,(H2,19,20,21,22). The number of nitrogens with zero attached hydrogens (tertiary/aromatic N) is 3. The Morgan fingerprint density at radius 2 is 1.73 bits per heavy atom. The van der Waals surface area contributed by atoms with Crippen LogP contribution in [0.5, 0.6) is 0 Å². The van der Waals surface area contributed by atoms with Gasteiger partial charge >= 0.3 is 0 Å². The van der Waals surface area contributed by atoms with Crippen molar-refractivity contribution in [2.45, 2.75) is 0 Å². The van der Waals surface area contributed by atoms with E-state index in [1.54, 1.807) is 18.3 Å². The van der Waals surface area contributed by atoms with Crippen LogP contribution >= 0.6 is 27.5 Å². The van der Waals surface area contributed by atoms with Crippen molar-refractivity contribution in [2.24, 2.45) is 0 Å². The Hall–Kier alpha value is -2.18. The van der Waals surface area contributed by atoms with Gasteiger partial charge in [-0.1, -0.05) is 23.7 Å². The summed E-state index contributed by atoms with van der Waals surface area (Å²) in [7, 11) is 0. The van der Waals surface area contributed by atoms with E-state index in [4.69, 9.17) is 11.6 Å². The predicted molar refractivity (Wildman–Crippen MR) is 92.0 cm³/mol. The Kier molecular flexibility index (Phi) is 4.50. The number of anilines is 4.